The number of hydrogen-bond acceptors (Lipinski definition) is 4. The highest BCUT2D eigenvalue weighted by Crippen LogP contribution is 2.43. The molecule has 0 heterocycles. The zero-order chi connectivity index (χ0) is 32.5. The van der Waals surface area contributed by atoms with Gasteiger partial charge >= 0.3 is 0 Å². The van der Waals surface area contributed by atoms with Gasteiger partial charge in [-0.05, 0) is 42.4 Å². The van der Waals surface area contributed by atoms with Crippen molar-refractivity contribution in [1.82, 2.24) is 0 Å². The molecule has 0 aliphatic carbocycles. The standard InChI is InChI=1S/C42H66O2S2/c1-4-7-9-11-13-15-17-19-21-25-31-45-34-43-41-37-27-23-24-28-38(37)42(40-33-36(6-3)29-30-39(40)41)44-35-46-32-26-22-20-18-16-14-12-10-8-5-2/h23-24,27-30,33H,4-22,25-26,31-32,34-35H2,1-3H3. The van der Waals surface area contributed by atoms with Crippen LogP contribution in [0.5, 0.6) is 11.5 Å². The van der Waals surface area contributed by atoms with E-state index in [9.17, 15) is 0 Å². The largest absolute Gasteiger partial charge is 0.482 e. The molecule has 0 fully saturated rings. The molecule has 0 saturated carbocycles. The summed E-state index contributed by atoms with van der Waals surface area (Å²) in [5.74, 6) is 5.76. The summed E-state index contributed by atoms with van der Waals surface area (Å²) in [6.07, 6.45) is 28.7. The molecule has 3 aromatic rings. The van der Waals surface area contributed by atoms with Gasteiger partial charge in [0.2, 0.25) is 0 Å². The third-order valence-corrected chi connectivity index (χ3v) is 11.0. The minimum atomic E-state index is 0.695. The Morgan fingerprint density at radius 2 is 0.826 bits per heavy atom. The third-order valence-electron chi connectivity index (χ3n) is 9.26. The molecule has 3 rings (SSSR count). The summed E-state index contributed by atoms with van der Waals surface area (Å²) in [5, 5.41) is 4.68. The van der Waals surface area contributed by atoms with E-state index >= 15 is 0 Å². The lowest BCUT2D eigenvalue weighted by molar-refractivity contribution is 0.395. The Labute approximate surface area is 291 Å². The fourth-order valence-corrected chi connectivity index (χ4v) is 7.83. The monoisotopic (exact) mass is 666 g/mol. The SMILES string of the molecule is CCCCCCCCCCCCSCOc1c2ccccc2c(OCSCCCCCCCCCCCC)c2cc(CC)ccc12. The van der Waals surface area contributed by atoms with Crippen molar-refractivity contribution in [1.29, 1.82) is 0 Å². The lowest BCUT2D eigenvalue weighted by Crippen LogP contribution is -2.00. The number of fused-ring (bicyclic) bond motifs is 2. The Bertz CT molecular complexity index is 1190. The Balaban J connectivity index is 1.46. The van der Waals surface area contributed by atoms with Crippen molar-refractivity contribution in [3.8, 4) is 11.5 Å². The predicted octanol–water partition coefficient (Wildman–Crippen LogP) is 14.5. The molecule has 4 heteroatoms. The number of thioether (sulfide) groups is 2. The van der Waals surface area contributed by atoms with Crippen molar-refractivity contribution in [3.05, 3.63) is 48.0 Å². The summed E-state index contributed by atoms with van der Waals surface area (Å²) in [6.45, 7) is 6.81. The molecule has 0 aromatic heterocycles. The number of unbranched alkanes of at least 4 members (excludes halogenated alkanes) is 18. The molecule has 0 spiro atoms. The van der Waals surface area contributed by atoms with Crippen molar-refractivity contribution in [2.45, 2.75) is 156 Å². The third kappa shape index (κ3) is 14.7. The summed E-state index contributed by atoms with van der Waals surface area (Å²) in [5.41, 5.74) is 1.34. The van der Waals surface area contributed by atoms with Crippen LogP contribution in [0.25, 0.3) is 21.5 Å². The number of hydrogen-bond donors (Lipinski definition) is 0. The van der Waals surface area contributed by atoms with Crippen molar-refractivity contribution in [2.24, 2.45) is 0 Å². The number of ether oxygens (including phenoxy) is 2. The maximum atomic E-state index is 6.60. The van der Waals surface area contributed by atoms with Crippen LogP contribution in [-0.2, 0) is 6.42 Å². The number of benzene rings is 3. The second-order valence-corrected chi connectivity index (χ2v) is 15.2. The molecule has 46 heavy (non-hydrogen) atoms. The van der Waals surface area contributed by atoms with Crippen LogP contribution in [0.1, 0.15) is 155 Å². The van der Waals surface area contributed by atoms with Crippen LogP contribution in [-0.4, -0.2) is 23.4 Å². The van der Waals surface area contributed by atoms with Gasteiger partial charge in [0.05, 0.1) is 0 Å². The van der Waals surface area contributed by atoms with Gasteiger partial charge in [0.15, 0.2) is 0 Å². The van der Waals surface area contributed by atoms with Crippen molar-refractivity contribution < 1.29 is 9.47 Å². The van der Waals surface area contributed by atoms with Crippen molar-refractivity contribution in [3.63, 3.8) is 0 Å². The summed E-state index contributed by atoms with van der Waals surface area (Å²) in [6, 6.07) is 15.5. The van der Waals surface area contributed by atoms with Crippen LogP contribution in [0.3, 0.4) is 0 Å². The van der Waals surface area contributed by atoms with Gasteiger partial charge in [0.25, 0.3) is 0 Å². The van der Waals surface area contributed by atoms with Gasteiger partial charge in [0, 0.05) is 21.5 Å². The predicted molar refractivity (Wildman–Crippen MR) is 210 cm³/mol. The first kappa shape index (κ1) is 38.9. The van der Waals surface area contributed by atoms with Crippen molar-refractivity contribution in [2.75, 3.05) is 23.4 Å². The van der Waals surface area contributed by atoms with E-state index in [1.807, 2.05) is 23.5 Å². The van der Waals surface area contributed by atoms with Gasteiger partial charge in [-0.3, -0.25) is 0 Å². The molecule has 0 unspecified atom stereocenters. The number of aryl methyl sites for hydroxylation is 1. The van der Waals surface area contributed by atoms with Crippen LogP contribution in [0.2, 0.25) is 0 Å². The topological polar surface area (TPSA) is 18.5 Å². The average Bonchev–Trinajstić information content (AvgIpc) is 3.09. The van der Waals surface area contributed by atoms with Crippen LogP contribution >= 0.6 is 23.5 Å². The highest BCUT2D eigenvalue weighted by molar-refractivity contribution is 7.99. The van der Waals surface area contributed by atoms with Gasteiger partial charge < -0.3 is 9.47 Å². The van der Waals surface area contributed by atoms with Gasteiger partial charge in [-0.15, -0.1) is 23.5 Å². The van der Waals surface area contributed by atoms with Gasteiger partial charge in [-0.25, -0.2) is 0 Å². The molecule has 0 N–H and O–H groups in total. The van der Waals surface area contributed by atoms with Gasteiger partial charge in [0.1, 0.15) is 23.4 Å². The Morgan fingerprint density at radius 3 is 1.26 bits per heavy atom. The van der Waals surface area contributed by atoms with Crippen LogP contribution in [0.4, 0.5) is 0 Å². The van der Waals surface area contributed by atoms with E-state index in [1.54, 1.807) is 0 Å². The molecule has 0 saturated heterocycles. The molecule has 0 amide bonds. The quantitative estimate of drug-likeness (QED) is 0.0417. The van der Waals surface area contributed by atoms with E-state index in [-0.39, 0.29) is 0 Å². The highest BCUT2D eigenvalue weighted by Gasteiger charge is 2.17. The molecule has 0 aliphatic heterocycles. The summed E-state index contributed by atoms with van der Waals surface area (Å²) in [4.78, 5) is 0. The van der Waals surface area contributed by atoms with E-state index in [1.165, 1.54) is 156 Å². The molecule has 258 valence electrons. The second kappa shape index (κ2) is 25.5. The zero-order valence-corrected chi connectivity index (χ0v) is 31.5. The van der Waals surface area contributed by atoms with Crippen molar-refractivity contribution >= 4 is 45.1 Å². The summed E-state index contributed by atoms with van der Waals surface area (Å²) in [7, 11) is 0. The Kier molecular flexibility index (Phi) is 21.6. The van der Waals surface area contributed by atoms with E-state index < -0.39 is 0 Å². The van der Waals surface area contributed by atoms with E-state index in [0.29, 0.717) is 11.9 Å². The van der Waals surface area contributed by atoms with Crippen LogP contribution in [0.15, 0.2) is 42.5 Å². The first-order chi connectivity index (χ1) is 22.8. The minimum Gasteiger partial charge on any atom is -0.482 e. The summed E-state index contributed by atoms with van der Waals surface area (Å²) >= 11 is 3.86. The van der Waals surface area contributed by atoms with Crippen LogP contribution in [0, 0.1) is 0 Å². The molecule has 0 radical (unpaired) electrons. The minimum absolute atomic E-state index is 0.695. The summed E-state index contributed by atoms with van der Waals surface area (Å²) < 4.78 is 13.2. The molecule has 0 aliphatic rings. The molecular weight excluding hydrogens is 601 g/mol. The smallest absolute Gasteiger partial charge is 0.136 e. The molecule has 2 nitrogen and oxygen atoms in total. The molecular formula is C42H66O2S2. The second-order valence-electron chi connectivity index (χ2n) is 13.1. The fourth-order valence-electron chi connectivity index (χ4n) is 6.38. The lowest BCUT2D eigenvalue weighted by atomic mass is 9.98. The normalized spacial score (nSPS) is 11.5. The Morgan fingerprint density at radius 1 is 0.435 bits per heavy atom. The van der Waals surface area contributed by atoms with Crippen LogP contribution < -0.4 is 9.47 Å². The average molecular weight is 667 g/mol. The zero-order valence-electron chi connectivity index (χ0n) is 29.9. The van der Waals surface area contributed by atoms with Gasteiger partial charge in [-0.2, -0.15) is 0 Å². The molecule has 0 bridgehead atoms. The maximum absolute atomic E-state index is 6.60. The van der Waals surface area contributed by atoms with E-state index in [4.69, 9.17) is 9.47 Å². The first-order valence-corrected chi connectivity index (χ1v) is 21.5. The van der Waals surface area contributed by atoms with E-state index in [0.717, 1.165) is 28.7 Å². The molecule has 3 aromatic carbocycles. The lowest BCUT2D eigenvalue weighted by Gasteiger charge is -2.18. The first-order valence-electron chi connectivity index (χ1n) is 19.2. The van der Waals surface area contributed by atoms with E-state index in [2.05, 4.69) is 63.2 Å². The number of rotatable bonds is 29. The fraction of sp³-hybridized carbons (Fsp3) is 0.667. The Hall–Kier alpha value is -1.52. The highest BCUT2D eigenvalue weighted by atomic mass is 32.2. The van der Waals surface area contributed by atoms with Gasteiger partial charge in [-0.1, -0.05) is 173 Å². The molecule has 0 atom stereocenters. The maximum Gasteiger partial charge on any atom is 0.136 e.